The number of benzene rings is 2. The third-order valence-electron chi connectivity index (χ3n) is 4.24. The average Bonchev–Trinajstić information content (AvgIpc) is 2.94. The Hall–Kier alpha value is -2.74. The molecule has 3 aromatic rings. The molecule has 0 radical (unpaired) electrons. The SMILES string of the molecule is Cc1oc(-c2ccc(F)cc2F)nc1CN(C)Cc1ccccc1C(F)(F)F. The number of hydrogen-bond donors (Lipinski definition) is 0. The van der Waals surface area contributed by atoms with E-state index in [2.05, 4.69) is 4.98 Å². The fourth-order valence-corrected chi connectivity index (χ4v) is 2.89. The van der Waals surface area contributed by atoms with E-state index in [0.717, 1.165) is 18.2 Å². The molecule has 0 aliphatic rings. The fraction of sp³-hybridized carbons (Fsp3) is 0.250. The summed E-state index contributed by atoms with van der Waals surface area (Å²) in [7, 11) is 1.65. The molecular formula is C20H17F5N2O. The fourth-order valence-electron chi connectivity index (χ4n) is 2.89. The number of alkyl halides is 3. The zero-order valence-corrected chi connectivity index (χ0v) is 15.1. The molecular weight excluding hydrogens is 379 g/mol. The van der Waals surface area contributed by atoms with E-state index in [9.17, 15) is 22.0 Å². The van der Waals surface area contributed by atoms with Crippen LogP contribution in [0.2, 0.25) is 0 Å². The summed E-state index contributed by atoms with van der Waals surface area (Å²) in [5.41, 5.74) is -0.0669. The molecule has 0 spiro atoms. The summed E-state index contributed by atoms with van der Waals surface area (Å²) in [6.07, 6.45) is -4.44. The minimum atomic E-state index is -4.44. The quantitative estimate of drug-likeness (QED) is 0.528. The van der Waals surface area contributed by atoms with E-state index >= 15 is 0 Å². The second-order valence-corrected chi connectivity index (χ2v) is 6.47. The van der Waals surface area contributed by atoms with Crippen molar-refractivity contribution < 1.29 is 26.4 Å². The van der Waals surface area contributed by atoms with Gasteiger partial charge in [0.05, 0.1) is 16.8 Å². The van der Waals surface area contributed by atoms with Crippen LogP contribution in [-0.4, -0.2) is 16.9 Å². The molecule has 148 valence electrons. The maximum Gasteiger partial charge on any atom is 0.416 e. The molecule has 0 aliphatic heterocycles. The summed E-state index contributed by atoms with van der Waals surface area (Å²) in [6, 6.07) is 8.41. The highest BCUT2D eigenvalue weighted by atomic mass is 19.4. The van der Waals surface area contributed by atoms with Gasteiger partial charge in [-0.2, -0.15) is 13.2 Å². The van der Waals surface area contributed by atoms with Crippen molar-refractivity contribution in [2.75, 3.05) is 7.05 Å². The van der Waals surface area contributed by atoms with E-state index in [1.165, 1.54) is 18.2 Å². The summed E-state index contributed by atoms with van der Waals surface area (Å²) in [4.78, 5) is 5.88. The van der Waals surface area contributed by atoms with Gasteiger partial charge in [-0.05, 0) is 37.7 Å². The van der Waals surface area contributed by atoms with Crippen LogP contribution in [0.3, 0.4) is 0 Å². The molecule has 0 fully saturated rings. The van der Waals surface area contributed by atoms with Crippen molar-refractivity contribution in [1.82, 2.24) is 9.88 Å². The van der Waals surface area contributed by atoms with E-state index in [1.807, 2.05) is 0 Å². The van der Waals surface area contributed by atoms with Gasteiger partial charge >= 0.3 is 6.18 Å². The highest BCUT2D eigenvalue weighted by molar-refractivity contribution is 5.54. The van der Waals surface area contributed by atoms with Crippen molar-refractivity contribution in [1.29, 1.82) is 0 Å². The van der Waals surface area contributed by atoms with Crippen LogP contribution in [0.25, 0.3) is 11.5 Å². The number of aryl methyl sites for hydroxylation is 1. The number of hydrogen-bond acceptors (Lipinski definition) is 3. The summed E-state index contributed by atoms with van der Waals surface area (Å²) in [6.45, 7) is 1.87. The van der Waals surface area contributed by atoms with Crippen LogP contribution in [0, 0.1) is 18.6 Å². The lowest BCUT2D eigenvalue weighted by molar-refractivity contribution is -0.138. The number of aromatic nitrogens is 1. The first-order valence-electron chi connectivity index (χ1n) is 8.40. The van der Waals surface area contributed by atoms with E-state index < -0.39 is 23.4 Å². The third-order valence-corrected chi connectivity index (χ3v) is 4.24. The molecule has 0 amide bonds. The van der Waals surface area contributed by atoms with Crippen molar-refractivity contribution in [2.24, 2.45) is 0 Å². The molecule has 0 atom stereocenters. The summed E-state index contributed by atoms with van der Waals surface area (Å²) >= 11 is 0. The first-order valence-corrected chi connectivity index (χ1v) is 8.40. The van der Waals surface area contributed by atoms with Crippen molar-refractivity contribution in [3.63, 3.8) is 0 Å². The molecule has 0 unspecified atom stereocenters. The summed E-state index contributed by atoms with van der Waals surface area (Å²) < 4.78 is 71.9. The van der Waals surface area contributed by atoms with Gasteiger partial charge in [-0.3, -0.25) is 4.90 Å². The molecule has 0 bridgehead atoms. The molecule has 3 nitrogen and oxygen atoms in total. The van der Waals surface area contributed by atoms with Crippen molar-refractivity contribution in [3.8, 4) is 11.5 Å². The molecule has 2 aromatic carbocycles. The minimum absolute atomic E-state index is 0.00547. The van der Waals surface area contributed by atoms with Gasteiger partial charge in [0.2, 0.25) is 5.89 Å². The van der Waals surface area contributed by atoms with Crippen LogP contribution >= 0.6 is 0 Å². The molecule has 0 N–H and O–H groups in total. The van der Waals surface area contributed by atoms with Crippen LogP contribution in [0.5, 0.6) is 0 Å². The standard InChI is InChI=1S/C20H17F5N2O/c1-12-18(26-19(28-12)15-8-7-14(21)9-17(15)22)11-27(2)10-13-5-3-4-6-16(13)20(23,24)25/h3-9H,10-11H2,1-2H3. The van der Waals surface area contributed by atoms with Gasteiger partial charge < -0.3 is 4.42 Å². The molecule has 1 heterocycles. The van der Waals surface area contributed by atoms with E-state index in [0.29, 0.717) is 11.5 Å². The molecule has 3 rings (SSSR count). The Balaban J connectivity index is 1.79. The van der Waals surface area contributed by atoms with Crippen LogP contribution in [-0.2, 0) is 19.3 Å². The van der Waals surface area contributed by atoms with Gasteiger partial charge in [0.1, 0.15) is 17.4 Å². The molecule has 1 aromatic heterocycles. The van der Waals surface area contributed by atoms with Gasteiger partial charge in [-0.15, -0.1) is 0 Å². The second kappa shape index (κ2) is 7.71. The average molecular weight is 396 g/mol. The smallest absolute Gasteiger partial charge is 0.416 e. The maximum absolute atomic E-state index is 13.9. The van der Waals surface area contributed by atoms with Gasteiger partial charge in [0.15, 0.2) is 0 Å². The number of halogens is 5. The van der Waals surface area contributed by atoms with Crippen molar-refractivity contribution >= 4 is 0 Å². The first kappa shape index (κ1) is 20.0. The monoisotopic (exact) mass is 396 g/mol. The van der Waals surface area contributed by atoms with E-state index in [4.69, 9.17) is 4.42 Å². The normalized spacial score (nSPS) is 12.0. The highest BCUT2D eigenvalue weighted by Gasteiger charge is 2.33. The lowest BCUT2D eigenvalue weighted by atomic mass is 10.1. The molecule has 8 heteroatoms. The number of rotatable bonds is 5. The minimum Gasteiger partial charge on any atom is -0.441 e. The third kappa shape index (κ3) is 4.39. The number of oxazole rings is 1. The van der Waals surface area contributed by atoms with Crippen LogP contribution < -0.4 is 0 Å². The number of nitrogens with zero attached hydrogens (tertiary/aromatic N) is 2. The Morgan fingerprint density at radius 3 is 2.43 bits per heavy atom. The maximum atomic E-state index is 13.9. The van der Waals surface area contributed by atoms with Gasteiger partial charge in [-0.1, -0.05) is 18.2 Å². The Labute approximate surface area is 158 Å². The Morgan fingerprint density at radius 2 is 1.75 bits per heavy atom. The van der Waals surface area contributed by atoms with Crippen molar-refractivity contribution in [2.45, 2.75) is 26.2 Å². The predicted octanol–water partition coefficient (Wildman–Crippen LogP) is 5.58. The molecule has 28 heavy (non-hydrogen) atoms. The van der Waals surface area contributed by atoms with Gasteiger partial charge in [0, 0.05) is 19.2 Å². The van der Waals surface area contributed by atoms with Crippen molar-refractivity contribution in [3.05, 3.63) is 76.7 Å². The van der Waals surface area contributed by atoms with Gasteiger partial charge in [-0.25, -0.2) is 13.8 Å². The second-order valence-electron chi connectivity index (χ2n) is 6.47. The van der Waals surface area contributed by atoms with E-state index in [-0.39, 0.29) is 30.1 Å². The zero-order valence-electron chi connectivity index (χ0n) is 15.1. The molecule has 0 aliphatic carbocycles. The van der Waals surface area contributed by atoms with E-state index in [1.54, 1.807) is 24.9 Å². The van der Waals surface area contributed by atoms with Crippen LogP contribution in [0.1, 0.15) is 22.6 Å². The first-order chi connectivity index (χ1) is 13.1. The lowest BCUT2D eigenvalue weighted by Crippen LogP contribution is -2.20. The topological polar surface area (TPSA) is 29.3 Å². The predicted molar refractivity (Wildman–Crippen MR) is 93.2 cm³/mol. The summed E-state index contributed by atoms with van der Waals surface area (Å²) in [5.74, 6) is -1.11. The highest BCUT2D eigenvalue weighted by Crippen LogP contribution is 2.32. The van der Waals surface area contributed by atoms with Crippen LogP contribution in [0.15, 0.2) is 46.9 Å². The lowest BCUT2D eigenvalue weighted by Gasteiger charge is -2.19. The Bertz CT molecular complexity index is 981. The Kier molecular flexibility index (Phi) is 5.51. The zero-order chi connectivity index (χ0) is 20.5. The summed E-state index contributed by atoms with van der Waals surface area (Å²) in [5, 5.41) is 0. The van der Waals surface area contributed by atoms with Gasteiger partial charge in [0.25, 0.3) is 0 Å². The largest absolute Gasteiger partial charge is 0.441 e. The molecule has 0 saturated carbocycles. The Morgan fingerprint density at radius 1 is 1.04 bits per heavy atom. The van der Waals surface area contributed by atoms with Crippen LogP contribution in [0.4, 0.5) is 22.0 Å². The molecule has 0 saturated heterocycles.